The fourth-order valence-corrected chi connectivity index (χ4v) is 2.64. The Morgan fingerprint density at radius 1 is 0.950 bits per heavy atom. The maximum Gasteiger partial charge on any atom is 0.144 e. The third-order valence-corrected chi connectivity index (χ3v) is 4.02. The van der Waals surface area contributed by atoms with Gasteiger partial charge in [0.05, 0.1) is 5.52 Å². The zero-order chi connectivity index (χ0) is 14.1. The topological polar surface area (TPSA) is 14.2 Å². The molecule has 0 spiro atoms. The molecule has 2 aromatic carbocycles. The second-order valence-corrected chi connectivity index (χ2v) is 5.20. The van der Waals surface area contributed by atoms with E-state index in [1.165, 1.54) is 27.7 Å². The van der Waals surface area contributed by atoms with E-state index in [0.717, 1.165) is 5.75 Å². The number of hydrogen-bond acceptors (Lipinski definition) is 1. The third kappa shape index (κ3) is 2.07. The molecule has 1 aromatic heterocycles. The first-order chi connectivity index (χ1) is 9.68. The highest BCUT2D eigenvalue weighted by molar-refractivity contribution is 5.90. The van der Waals surface area contributed by atoms with Crippen LogP contribution in [-0.2, 0) is 13.7 Å². The molecule has 0 saturated carbocycles. The van der Waals surface area contributed by atoms with Gasteiger partial charge in [0.15, 0.2) is 0 Å². The standard InChI is InChI=1S/C18H19NO/c1-13-14(2)19(3)18-16(13)10-7-11-17(18)20-12-15-8-5-4-6-9-15/h4-11H,12H2,1-3H3. The molecule has 3 rings (SSSR count). The molecule has 0 radical (unpaired) electrons. The van der Waals surface area contributed by atoms with Gasteiger partial charge >= 0.3 is 0 Å². The van der Waals surface area contributed by atoms with Gasteiger partial charge < -0.3 is 9.30 Å². The first-order valence-corrected chi connectivity index (χ1v) is 6.90. The lowest BCUT2D eigenvalue weighted by atomic mass is 10.1. The van der Waals surface area contributed by atoms with Gasteiger partial charge in [-0.1, -0.05) is 42.5 Å². The van der Waals surface area contributed by atoms with Gasteiger partial charge in [0.25, 0.3) is 0 Å². The molecule has 0 N–H and O–H groups in total. The normalized spacial score (nSPS) is 10.9. The van der Waals surface area contributed by atoms with Gasteiger partial charge in [-0.3, -0.25) is 0 Å². The van der Waals surface area contributed by atoms with Crippen molar-refractivity contribution in [3.63, 3.8) is 0 Å². The summed E-state index contributed by atoms with van der Waals surface area (Å²) in [7, 11) is 2.10. The molecule has 2 nitrogen and oxygen atoms in total. The summed E-state index contributed by atoms with van der Waals surface area (Å²) < 4.78 is 8.25. The Bertz CT molecular complexity index is 741. The number of fused-ring (bicyclic) bond motifs is 1. The summed E-state index contributed by atoms with van der Waals surface area (Å²) in [6.45, 7) is 4.91. The fraction of sp³-hybridized carbons (Fsp3) is 0.222. The lowest BCUT2D eigenvalue weighted by molar-refractivity contribution is 0.309. The molecular weight excluding hydrogens is 246 g/mol. The van der Waals surface area contributed by atoms with E-state index in [0.29, 0.717) is 6.61 Å². The Kier molecular flexibility index (Phi) is 3.23. The maximum absolute atomic E-state index is 6.03. The monoisotopic (exact) mass is 265 g/mol. The molecule has 1 heterocycles. The lowest BCUT2D eigenvalue weighted by Crippen LogP contribution is -1.98. The smallest absolute Gasteiger partial charge is 0.144 e. The number of ether oxygens (including phenoxy) is 1. The van der Waals surface area contributed by atoms with Crippen LogP contribution in [0, 0.1) is 13.8 Å². The molecule has 3 aromatic rings. The Balaban J connectivity index is 1.98. The molecule has 2 heteroatoms. The average molecular weight is 265 g/mol. The maximum atomic E-state index is 6.03. The summed E-state index contributed by atoms with van der Waals surface area (Å²) in [4.78, 5) is 0. The van der Waals surface area contributed by atoms with E-state index in [9.17, 15) is 0 Å². The van der Waals surface area contributed by atoms with Gasteiger partial charge in [-0.25, -0.2) is 0 Å². The Labute approximate surface area is 119 Å². The number of benzene rings is 2. The van der Waals surface area contributed by atoms with Crippen LogP contribution in [0.2, 0.25) is 0 Å². The third-order valence-electron chi connectivity index (χ3n) is 4.02. The average Bonchev–Trinajstić information content (AvgIpc) is 2.72. The molecule has 0 aliphatic heterocycles. The minimum Gasteiger partial charge on any atom is -0.487 e. The van der Waals surface area contributed by atoms with E-state index >= 15 is 0 Å². The summed E-state index contributed by atoms with van der Waals surface area (Å²) in [5.74, 6) is 0.949. The molecule has 0 aliphatic carbocycles. The van der Waals surface area contributed by atoms with Crippen LogP contribution in [-0.4, -0.2) is 4.57 Å². The van der Waals surface area contributed by atoms with Crippen LogP contribution < -0.4 is 4.74 Å². The van der Waals surface area contributed by atoms with Gasteiger partial charge in [0, 0.05) is 18.1 Å². The fourth-order valence-electron chi connectivity index (χ4n) is 2.64. The zero-order valence-corrected chi connectivity index (χ0v) is 12.2. The molecule has 0 bridgehead atoms. The number of hydrogen-bond donors (Lipinski definition) is 0. The number of aromatic nitrogens is 1. The SMILES string of the molecule is Cc1c(C)n(C)c2c(OCc3ccccc3)cccc12. The van der Waals surface area contributed by atoms with Gasteiger partial charge in [-0.05, 0) is 31.0 Å². The van der Waals surface area contributed by atoms with Crippen molar-refractivity contribution in [1.82, 2.24) is 4.57 Å². The minimum absolute atomic E-state index is 0.600. The molecule has 20 heavy (non-hydrogen) atoms. The Hall–Kier alpha value is -2.22. The number of aryl methyl sites for hydroxylation is 2. The summed E-state index contributed by atoms with van der Waals surface area (Å²) in [5, 5.41) is 1.27. The largest absolute Gasteiger partial charge is 0.487 e. The predicted octanol–water partition coefficient (Wildman–Crippen LogP) is 4.37. The van der Waals surface area contributed by atoms with E-state index in [4.69, 9.17) is 4.74 Å². The summed E-state index contributed by atoms with van der Waals surface area (Å²) in [5.41, 5.74) is 4.98. The van der Waals surface area contributed by atoms with Gasteiger partial charge in [-0.2, -0.15) is 0 Å². The van der Waals surface area contributed by atoms with E-state index < -0.39 is 0 Å². The summed E-state index contributed by atoms with van der Waals surface area (Å²) >= 11 is 0. The minimum atomic E-state index is 0.600. The van der Waals surface area contributed by atoms with E-state index in [2.05, 4.69) is 49.7 Å². The second kappa shape index (κ2) is 5.04. The molecule has 0 atom stereocenters. The number of nitrogens with zero attached hydrogens (tertiary/aromatic N) is 1. The van der Waals surface area contributed by atoms with E-state index in [1.54, 1.807) is 0 Å². The van der Waals surface area contributed by atoms with Crippen LogP contribution in [0.3, 0.4) is 0 Å². The predicted molar refractivity (Wildman–Crippen MR) is 83.2 cm³/mol. The Morgan fingerprint density at radius 2 is 1.70 bits per heavy atom. The highest BCUT2D eigenvalue weighted by atomic mass is 16.5. The summed E-state index contributed by atoms with van der Waals surface area (Å²) in [6.07, 6.45) is 0. The van der Waals surface area contributed by atoms with Gasteiger partial charge in [0.2, 0.25) is 0 Å². The van der Waals surface area contributed by atoms with Crippen LogP contribution in [0.1, 0.15) is 16.8 Å². The van der Waals surface area contributed by atoms with Crippen LogP contribution in [0.25, 0.3) is 10.9 Å². The highest BCUT2D eigenvalue weighted by Gasteiger charge is 2.12. The summed E-state index contributed by atoms with van der Waals surface area (Å²) in [6, 6.07) is 16.5. The number of para-hydroxylation sites is 1. The Morgan fingerprint density at radius 3 is 2.45 bits per heavy atom. The molecule has 0 fully saturated rings. The van der Waals surface area contributed by atoms with Crippen molar-refractivity contribution in [2.75, 3.05) is 0 Å². The van der Waals surface area contributed by atoms with Crippen LogP contribution >= 0.6 is 0 Å². The van der Waals surface area contributed by atoms with Gasteiger partial charge in [-0.15, -0.1) is 0 Å². The lowest BCUT2D eigenvalue weighted by Gasteiger charge is -2.09. The first kappa shape index (κ1) is 12.8. The molecule has 0 amide bonds. The molecular formula is C18H19NO. The van der Waals surface area contributed by atoms with Crippen LogP contribution in [0.15, 0.2) is 48.5 Å². The van der Waals surface area contributed by atoms with Crippen molar-refractivity contribution in [2.45, 2.75) is 20.5 Å². The van der Waals surface area contributed by atoms with Crippen LogP contribution in [0.5, 0.6) is 5.75 Å². The highest BCUT2D eigenvalue weighted by Crippen LogP contribution is 2.31. The second-order valence-electron chi connectivity index (χ2n) is 5.20. The van der Waals surface area contributed by atoms with Crippen molar-refractivity contribution in [1.29, 1.82) is 0 Å². The van der Waals surface area contributed by atoms with Crippen molar-refractivity contribution < 1.29 is 4.74 Å². The molecule has 102 valence electrons. The first-order valence-electron chi connectivity index (χ1n) is 6.90. The van der Waals surface area contributed by atoms with E-state index in [-0.39, 0.29) is 0 Å². The van der Waals surface area contributed by atoms with Crippen molar-refractivity contribution >= 4 is 10.9 Å². The quantitative estimate of drug-likeness (QED) is 0.685. The van der Waals surface area contributed by atoms with Crippen molar-refractivity contribution in [3.05, 3.63) is 65.4 Å². The zero-order valence-electron chi connectivity index (χ0n) is 12.2. The number of rotatable bonds is 3. The molecule has 0 unspecified atom stereocenters. The van der Waals surface area contributed by atoms with E-state index in [1.807, 2.05) is 24.3 Å². The molecule has 0 aliphatic rings. The van der Waals surface area contributed by atoms with Gasteiger partial charge in [0.1, 0.15) is 12.4 Å². The molecule has 0 saturated heterocycles. The van der Waals surface area contributed by atoms with Crippen LogP contribution in [0.4, 0.5) is 0 Å². The van der Waals surface area contributed by atoms with Crippen molar-refractivity contribution in [2.24, 2.45) is 7.05 Å². The van der Waals surface area contributed by atoms with Crippen molar-refractivity contribution in [3.8, 4) is 5.75 Å².